The van der Waals surface area contributed by atoms with Gasteiger partial charge in [-0.1, -0.05) is 0 Å². The standard InChI is InChI=1S/5CH3.V.2Y/h5*1H3;;;/q5*-1;;;. The molecule has 0 fully saturated rings. The summed E-state index contributed by atoms with van der Waals surface area (Å²) in [5, 5.41) is 0. The van der Waals surface area contributed by atoms with Crippen LogP contribution in [0.5, 0.6) is 0 Å². The molecule has 8 heavy (non-hydrogen) atoms. The molecule has 0 aliphatic carbocycles. The first kappa shape index (κ1) is 133. The molecule has 0 saturated heterocycles. The summed E-state index contributed by atoms with van der Waals surface area (Å²) in [5.41, 5.74) is 0. The van der Waals surface area contributed by atoms with Gasteiger partial charge in [0.15, 0.2) is 0 Å². The van der Waals surface area contributed by atoms with Crippen molar-refractivity contribution in [1.82, 2.24) is 0 Å². The fraction of sp³-hybridized carbons (Fsp3) is 0. The predicted octanol–water partition coefficient (Wildman–Crippen LogP) is 2.24. The average molecular weight is 304 g/mol. The first-order chi connectivity index (χ1) is 0. The van der Waals surface area contributed by atoms with Crippen molar-refractivity contribution in [2.75, 3.05) is 0 Å². The minimum Gasteiger partial charge on any atom is -0.358 e. The summed E-state index contributed by atoms with van der Waals surface area (Å²) in [6.45, 7) is 0. The summed E-state index contributed by atoms with van der Waals surface area (Å²) in [4.78, 5) is 0. The number of hydrogen-bond donors (Lipinski definition) is 0. The molecule has 0 saturated carbocycles. The van der Waals surface area contributed by atoms with E-state index >= 15 is 0 Å². The molecular formula is C5H15VY2-5. The van der Waals surface area contributed by atoms with Crippen molar-refractivity contribution in [1.29, 1.82) is 0 Å². The molecule has 0 aromatic carbocycles. The molecule has 0 N–H and O–H groups in total. The van der Waals surface area contributed by atoms with Crippen molar-refractivity contribution >= 4 is 0 Å². The second-order valence-corrected chi connectivity index (χ2v) is 0. The Labute approximate surface area is 119 Å². The topological polar surface area (TPSA) is 0 Å². The molecule has 51 valence electrons. The second kappa shape index (κ2) is 97.1. The van der Waals surface area contributed by atoms with Crippen molar-refractivity contribution < 1.29 is 84.0 Å². The molecular weight excluding hydrogens is 289 g/mol. The van der Waals surface area contributed by atoms with E-state index in [-0.39, 0.29) is 121 Å². The Morgan fingerprint density at radius 2 is 0.375 bits per heavy atom. The van der Waals surface area contributed by atoms with Crippen LogP contribution in [0.15, 0.2) is 0 Å². The molecule has 3 heteroatoms. The van der Waals surface area contributed by atoms with Gasteiger partial charge in [-0.2, -0.15) is 0 Å². The van der Waals surface area contributed by atoms with Gasteiger partial charge in [-0.3, -0.25) is 0 Å². The van der Waals surface area contributed by atoms with Gasteiger partial charge in [0, 0.05) is 84.0 Å². The minimum absolute atomic E-state index is 0. The fourth-order valence-electron chi connectivity index (χ4n) is 0. The van der Waals surface area contributed by atoms with Crippen LogP contribution >= 0.6 is 0 Å². The van der Waals surface area contributed by atoms with E-state index in [1.807, 2.05) is 0 Å². The summed E-state index contributed by atoms with van der Waals surface area (Å²) in [6.07, 6.45) is 0. The third-order valence-electron chi connectivity index (χ3n) is 0. The first-order valence-corrected chi connectivity index (χ1v) is 0. The Kier molecular flexibility index (Phi) is 1610. The molecule has 0 rings (SSSR count). The zero-order chi connectivity index (χ0) is 0. The van der Waals surface area contributed by atoms with Crippen LogP contribution in [-0.4, -0.2) is 0 Å². The van der Waals surface area contributed by atoms with Gasteiger partial charge in [0.25, 0.3) is 0 Å². The molecule has 0 bridgehead atoms. The van der Waals surface area contributed by atoms with Crippen LogP contribution in [-0.2, 0) is 84.0 Å². The number of rotatable bonds is 0. The normalized spacial score (nSPS) is 0. The fourth-order valence-corrected chi connectivity index (χ4v) is 0. The van der Waals surface area contributed by atoms with Crippen molar-refractivity contribution in [3.8, 4) is 0 Å². The zero-order valence-corrected chi connectivity index (χ0v) is 13.7. The Balaban J connectivity index is 0. The molecule has 0 atom stereocenters. The maximum atomic E-state index is 0. The van der Waals surface area contributed by atoms with Gasteiger partial charge in [-0.15, -0.1) is 0 Å². The van der Waals surface area contributed by atoms with Gasteiger partial charge in [-0.05, 0) is 0 Å². The van der Waals surface area contributed by atoms with Crippen molar-refractivity contribution in [2.24, 2.45) is 0 Å². The van der Waals surface area contributed by atoms with E-state index in [4.69, 9.17) is 0 Å². The summed E-state index contributed by atoms with van der Waals surface area (Å²) >= 11 is 0. The van der Waals surface area contributed by atoms with Crippen molar-refractivity contribution in [3.05, 3.63) is 37.1 Å². The summed E-state index contributed by atoms with van der Waals surface area (Å²) in [6, 6.07) is 0. The van der Waals surface area contributed by atoms with Gasteiger partial charge in [0.05, 0.1) is 0 Å². The van der Waals surface area contributed by atoms with E-state index in [1.54, 1.807) is 0 Å². The summed E-state index contributed by atoms with van der Waals surface area (Å²) in [7, 11) is 0. The zero-order valence-electron chi connectivity index (χ0n) is 6.60. The van der Waals surface area contributed by atoms with Crippen LogP contribution in [0.25, 0.3) is 0 Å². The van der Waals surface area contributed by atoms with E-state index < -0.39 is 0 Å². The largest absolute Gasteiger partial charge is 0.358 e. The molecule has 0 amide bonds. The van der Waals surface area contributed by atoms with Gasteiger partial charge < -0.3 is 37.1 Å². The Morgan fingerprint density at radius 3 is 0.375 bits per heavy atom. The Morgan fingerprint density at radius 1 is 0.375 bits per heavy atom. The van der Waals surface area contributed by atoms with E-state index in [9.17, 15) is 0 Å². The van der Waals surface area contributed by atoms with Gasteiger partial charge in [0.1, 0.15) is 0 Å². The first-order valence-electron chi connectivity index (χ1n) is 0. The van der Waals surface area contributed by atoms with Gasteiger partial charge in [0.2, 0.25) is 0 Å². The maximum absolute atomic E-state index is 0. The summed E-state index contributed by atoms with van der Waals surface area (Å²) in [5.74, 6) is 0. The molecule has 0 aromatic heterocycles. The Hall–Kier alpha value is 2.79. The molecule has 0 unspecified atom stereocenters. The van der Waals surface area contributed by atoms with Crippen LogP contribution in [0, 0.1) is 37.1 Å². The average Bonchev–Trinajstić information content (AvgIpc) is 0. The van der Waals surface area contributed by atoms with Gasteiger partial charge in [-0.25, -0.2) is 0 Å². The van der Waals surface area contributed by atoms with Crippen molar-refractivity contribution in [3.63, 3.8) is 0 Å². The summed E-state index contributed by atoms with van der Waals surface area (Å²) < 4.78 is 0. The van der Waals surface area contributed by atoms with Crippen LogP contribution in [0.4, 0.5) is 0 Å². The third-order valence-corrected chi connectivity index (χ3v) is 0. The maximum Gasteiger partial charge on any atom is 0 e. The molecule has 0 nitrogen and oxygen atoms in total. The molecule has 0 spiro atoms. The van der Waals surface area contributed by atoms with Crippen LogP contribution in [0.1, 0.15) is 0 Å². The van der Waals surface area contributed by atoms with E-state index in [1.165, 1.54) is 0 Å². The molecule has 0 aliphatic rings. The van der Waals surface area contributed by atoms with Crippen LogP contribution in [0.2, 0.25) is 0 Å². The van der Waals surface area contributed by atoms with Crippen molar-refractivity contribution in [2.45, 2.75) is 0 Å². The van der Waals surface area contributed by atoms with E-state index in [2.05, 4.69) is 0 Å². The Bertz CT molecular complexity index is 10.4. The molecule has 0 heterocycles. The predicted molar refractivity (Wildman–Crippen MR) is 32.1 cm³/mol. The second-order valence-electron chi connectivity index (χ2n) is 0. The van der Waals surface area contributed by atoms with E-state index in [0.717, 1.165) is 0 Å². The monoisotopic (exact) mass is 304 g/mol. The third kappa shape index (κ3) is 68.5. The SMILES string of the molecule is [CH3-].[CH3-].[CH3-].[CH3-].[CH3-].[V].[Y].[Y]. The number of hydrogen-bond acceptors (Lipinski definition) is 0. The molecule has 0 aromatic rings. The molecule has 0 aliphatic heterocycles. The van der Waals surface area contributed by atoms with Crippen LogP contribution in [0.3, 0.4) is 0 Å². The minimum atomic E-state index is 0. The smallest absolute Gasteiger partial charge is 0 e. The van der Waals surface area contributed by atoms with Gasteiger partial charge >= 0.3 is 0 Å². The quantitative estimate of drug-likeness (QED) is 0.602. The molecule has 3 radical (unpaired) electrons. The van der Waals surface area contributed by atoms with E-state index in [0.29, 0.717) is 0 Å². The van der Waals surface area contributed by atoms with Crippen LogP contribution < -0.4 is 0 Å².